The molecule has 0 saturated carbocycles. The monoisotopic (exact) mass is 364 g/mol. The number of halogens is 2. The predicted octanol–water partition coefficient (Wildman–Crippen LogP) is 3.48. The van der Waals surface area contributed by atoms with Crippen molar-refractivity contribution in [3.05, 3.63) is 52.1 Å². The van der Waals surface area contributed by atoms with E-state index in [1.165, 1.54) is 6.07 Å². The van der Waals surface area contributed by atoms with Crippen LogP contribution in [0, 0.1) is 5.82 Å². The minimum absolute atomic E-state index is 0.113. The first-order valence-electron chi connectivity index (χ1n) is 8.96. The SMILES string of the molecule is CCc1nn(C)c(Cl)c1CN1CCCN(Cc2ccccc2F)CC1. The van der Waals surface area contributed by atoms with Crippen LogP contribution in [0.3, 0.4) is 0 Å². The molecule has 0 atom stereocenters. The minimum atomic E-state index is -0.113. The largest absolute Gasteiger partial charge is 0.298 e. The van der Waals surface area contributed by atoms with Gasteiger partial charge >= 0.3 is 0 Å². The molecule has 1 aliphatic heterocycles. The van der Waals surface area contributed by atoms with E-state index in [0.717, 1.165) is 67.5 Å². The molecule has 1 aromatic heterocycles. The molecule has 25 heavy (non-hydrogen) atoms. The van der Waals surface area contributed by atoms with Crippen LogP contribution in [0.1, 0.15) is 30.2 Å². The van der Waals surface area contributed by atoms with Gasteiger partial charge < -0.3 is 0 Å². The van der Waals surface area contributed by atoms with E-state index in [0.29, 0.717) is 6.54 Å². The first-order chi connectivity index (χ1) is 12.1. The van der Waals surface area contributed by atoms with Crippen LogP contribution in [0.4, 0.5) is 4.39 Å². The number of benzene rings is 1. The van der Waals surface area contributed by atoms with Crippen molar-refractivity contribution in [2.75, 3.05) is 26.2 Å². The van der Waals surface area contributed by atoms with Crippen molar-refractivity contribution < 1.29 is 4.39 Å². The Morgan fingerprint density at radius 2 is 1.76 bits per heavy atom. The second kappa shape index (κ2) is 8.30. The van der Waals surface area contributed by atoms with Crippen molar-refractivity contribution in [2.45, 2.75) is 32.9 Å². The molecule has 1 saturated heterocycles. The third-order valence-electron chi connectivity index (χ3n) is 4.90. The lowest BCUT2D eigenvalue weighted by molar-refractivity contribution is 0.245. The van der Waals surface area contributed by atoms with Gasteiger partial charge in [-0.15, -0.1) is 0 Å². The van der Waals surface area contributed by atoms with E-state index < -0.39 is 0 Å². The highest BCUT2D eigenvalue weighted by molar-refractivity contribution is 6.30. The van der Waals surface area contributed by atoms with E-state index in [4.69, 9.17) is 11.6 Å². The third-order valence-corrected chi connectivity index (χ3v) is 5.37. The second-order valence-corrected chi connectivity index (χ2v) is 7.05. The Hall–Kier alpha value is -1.43. The minimum Gasteiger partial charge on any atom is -0.298 e. The maximum absolute atomic E-state index is 13.9. The molecule has 6 heteroatoms. The maximum atomic E-state index is 13.9. The molecule has 0 N–H and O–H groups in total. The summed E-state index contributed by atoms with van der Waals surface area (Å²) in [6.07, 6.45) is 1.97. The first kappa shape index (κ1) is 18.4. The molecule has 1 aliphatic rings. The number of hydrogen-bond donors (Lipinski definition) is 0. The summed E-state index contributed by atoms with van der Waals surface area (Å²) in [6.45, 7) is 7.55. The molecule has 2 aromatic rings. The van der Waals surface area contributed by atoms with Gasteiger partial charge in [-0.05, 0) is 32.0 Å². The van der Waals surface area contributed by atoms with Crippen LogP contribution in [0.5, 0.6) is 0 Å². The Morgan fingerprint density at radius 3 is 2.44 bits per heavy atom. The summed E-state index contributed by atoms with van der Waals surface area (Å²) in [6, 6.07) is 7.06. The molecule has 0 unspecified atom stereocenters. The Bertz CT molecular complexity index is 715. The van der Waals surface area contributed by atoms with E-state index >= 15 is 0 Å². The molecule has 4 nitrogen and oxygen atoms in total. The average Bonchev–Trinajstić information content (AvgIpc) is 2.77. The van der Waals surface area contributed by atoms with Gasteiger partial charge in [0.05, 0.1) is 5.69 Å². The summed E-state index contributed by atoms with van der Waals surface area (Å²) in [5.74, 6) is -0.113. The standard InChI is InChI=1S/C19H26ClFN4/c1-3-18-16(19(20)23(2)22-18)14-25-10-6-9-24(11-12-25)13-15-7-4-5-8-17(15)21/h4-5,7-8H,3,6,9-14H2,1-2H3. The van der Waals surface area contributed by atoms with Gasteiger partial charge in [-0.2, -0.15) is 5.10 Å². The summed E-state index contributed by atoms with van der Waals surface area (Å²) >= 11 is 6.43. The highest BCUT2D eigenvalue weighted by atomic mass is 35.5. The van der Waals surface area contributed by atoms with Gasteiger partial charge in [0.15, 0.2) is 0 Å². The van der Waals surface area contributed by atoms with E-state index in [1.54, 1.807) is 10.7 Å². The number of aromatic nitrogens is 2. The van der Waals surface area contributed by atoms with Crippen LogP contribution in [0.15, 0.2) is 24.3 Å². The van der Waals surface area contributed by atoms with Crippen LogP contribution >= 0.6 is 11.6 Å². The summed E-state index contributed by atoms with van der Waals surface area (Å²) in [4.78, 5) is 4.77. The molecule has 1 fully saturated rings. The number of hydrogen-bond acceptors (Lipinski definition) is 3. The Labute approximate surface area is 154 Å². The van der Waals surface area contributed by atoms with E-state index in [2.05, 4.69) is 21.8 Å². The van der Waals surface area contributed by atoms with Crippen LogP contribution in [-0.2, 0) is 26.6 Å². The highest BCUT2D eigenvalue weighted by Crippen LogP contribution is 2.22. The fourth-order valence-electron chi connectivity index (χ4n) is 3.47. The quantitative estimate of drug-likeness (QED) is 0.811. The Balaban J connectivity index is 1.61. The molecular weight excluding hydrogens is 339 g/mol. The summed E-state index contributed by atoms with van der Waals surface area (Å²) < 4.78 is 15.6. The van der Waals surface area contributed by atoms with E-state index in [1.807, 2.05) is 19.2 Å². The third kappa shape index (κ3) is 4.40. The van der Waals surface area contributed by atoms with Crippen molar-refractivity contribution in [2.24, 2.45) is 7.05 Å². The molecule has 0 spiro atoms. The molecule has 1 aromatic carbocycles. The lowest BCUT2D eigenvalue weighted by Gasteiger charge is -2.22. The van der Waals surface area contributed by atoms with Gasteiger partial charge in [-0.3, -0.25) is 14.5 Å². The second-order valence-electron chi connectivity index (χ2n) is 6.69. The van der Waals surface area contributed by atoms with Crippen molar-refractivity contribution in [1.82, 2.24) is 19.6 Å². The zero-order chi connectivity index (χ0) is 17.8. The lowest BCUT2D eigenvalue weighted by Crippen LogP contribution is -2.30. The number of rotatable bonds is 5. The van der Waals surface area contributed by atoms with Crippen LogP contribution in [-0.4, -0.2) is 45.8 Å². The van der Waals surface area contributed by atoms with Crippen molar-refractivity contribution in [3.63, 3.8) is 0 Å². The zero-order valence-electron chi connectivity index (χ0n) is 15.0. The molecule has 2 heterocycles. The number of aryl methyl sites for hydroxylation is 2. The lowest BCUT2D eigenvalue weighted by atomic mass is 10.2. The zero-order valence-corrected chi connectivity index (χ0v) is 15.8. The average molecular weight is 365 g/mol. The summed E-state index contributed by atoms with van der Waals surface area (Å²) in [5.41, 5.74) is 3.01. The topological polar surface area (TPSA) is 24.3 Å². The molecule has 0 amide bonds. The van der Waals surface area contributed by atoms with Gasteiger partial charge in [0.25, 0.3) is 0 Å². The molecule has 3 rings (SSSR count). The molecular formula is C19H26ClFN4. The van der Waals surface area contributed by atoms with Crippen molar-refractivity contribution >= 4 is 11.6 Å². The van der Waals surface area contributed by atoms with Gasteiger partial charge in [0.2, 0.25) is 0 Å². The van der Waals surface area contributed by atoms with Crippen LogP contribution < -0.4 is 0 Å². The first-order valence-corrected chi connectivity index (χ1v) is 9.34. The van der Waals surface area contributed by atoms with Crippen LogP contribution in [0.2, 0.25) is 5.15 Å². The van der Waals surface area contributed by atoms with E-state index in [9.17, 15) is 4.39 Å². The Morgan fingerprint density at radius 1 is 1.08 bits per heavy atom. The highest BCUT2D eigenvalue weighted by Gasteiger charge is 2.20. The van der Waals surface area contributed by atoms with E-state index in [-0.39, 0.29) is 5.82 Å². The van der Waals surface area contributed by atoms with Crippen molar-refractivity contribution in [3.8, 4) is 0 Å². The molecule has 136 valence electrons. The summed E-state index contributed by atoms with van der Waals surface area (Å²) in [5, 5.41) is 5.24. The normalized spacial score (nSPS) is 17.0. The predicted molar refractivity (Wildman–Crippen MR) is 99.2 cm³/mol. The molecule has 0 radical (unpaired) electrons. The molecule has 0 bridgehead atoms. The van der Waals surface area contributed by atoms with Crippen molar-refractivity contribution in [1.29, 1.82) is 0 Å². The maximum Gasteiger partial charge on any atom is 0.131 e. The van der Waals surface area contributed by atoms with Gasteiger partial charge in [0, 0.05) is 44.4 Å². The number of nitrogens with zero attached hydrogens (tertiary/aromatic N) is 4. The summed E-state index contributed by atoms with van der Waals surface area (Å²) in [7, 11) is 1.89. The fourth-order valence-corrected chi connectivity index (χ4v) is 3.68. The fraction of sp³-hybridized carbons (Fsp3) is 0.526. The smallest absolute Gasteiger partial charge is 0.131 e. The molecule has 0 aliphatic carbocycles. The van der Waals surface area contributed by atoms with Crippen LogP contribution in [0.25, 0.3) is 0 Å². The van der Waals surface area contributed by atoms with Gasteiger partial charge in [-0.1, -0.05) is 36.7 Å². The Kier molecular flexibility index (Phi) is 6.10. The van der Waals surface area contributed by atoms with Gasteiger partial charge in [-0.25, -0.2) is 4.39 Å². The van der Waals surface area contributed by atoms with Gasteiger partial charge in [0.1, 0.15) is 11.0 Å².